The van der Waals surface area contributed by atoms with E-state index in [4.69, 9.17) is 16.3 Å². The third kappa shape index (κ3) is 5.45. The van der Waals surface area contributed by atoms with E-state index in [9.17, 15) is 9.18 Å². The molecule has 0 atom stereocenters. The SMILES string of the molecule is Cc1cc(C)n(-c2cc(Oc3ccc(NC(=O)Nc4ccc(F)c(Cl)c4)cc3)nc(C)n2)n1. The number of hydrogen-bond donors (Lipinski definition) is 2. The van der Waals surface area contributed by atoms with E-state index in [1.807, 2.05) is 19.9 Å². The van der Waals surface area contributed by atoms with E-state index in [1.54, 1.807) is 41.9 Å². The number of urea groups is 1. The molecule has 0 aliphatic heterocycles. The van der Waals surface area contributed by atoms with Crippen LogP contribution < -0.4 is 15.4 Å². The lowest BCUT2D eigenvalue weighted by Gasteiger charge is -2.10. The molecule has 0 bridgehead atoms. The molecular weight excluding hydrogens is 447 g/mol. The lowest BCUT2D eigenvalue weighted by atomic mass is 10.3. The van der Waals surface area contributed by atoms with E-state index in [1.165, 1.54) is 18.2 Å². The van der Waals surface area contributed by atoms with Crippen molar-refractivity contribution in [1.82, 2.24) is 19.7 Å². The number of carbonyl (C=O) groups excluding carboxylic acids is 1. The quantitative estimate of drug-likeness (QED) is 0.386. The topological polar surface area (TPSA) is 94.0 Å². The number of ether oxygens (including phenoxy) is 1. The maximum Gasteiger partial charge on any atom is 0.323 e. The van der Waals surface area contributed by atoms with Crippen molar-refractivity contribution in [3.8, 4) is 17.4 Å². The summed E-state index contributed by atoms with van der Waals surface area (Å²) in [6.45, 7) is 5.64. The molecular formula is C23H20ClFN6O2. The van der Waals surface area contributed by atoms with E-state index >= 15 is 0 Å². The van der Waals surface area contributed by atoms with Crippen molar-refractivity contribution in [2.75, 3.05) is 10.6 Å². The smallest absolute Gasteiger partial charge is 0.323 e. The normalized spacial score (nSPS) is 10.7. The van der Waals surface area contributed by atoms with Gasteiger partial charge >= 0.3 is 6.03 Å². The summed E-state index contributed by atoms with van der Waals surface area (Å²) in [6, 6.07) is 13.9. The highest BCUT2D eigenvalue weighted by atomic mass is 35.5. The molecule has 8 nitrogen and oxygen atoms in total. The molecule has 168 valence electrons. The van der Waals surface area contributed by atoms with Crippen molar-refractivity contribution in [2.24, 2.45) is 0 Å². The molecule has 0 spiro atoms. The number of benzene rings is 2. The number of nitrogens with one attached hydrogen (secondary N) is 2. The predicted molar refractivity (Wildman–Crippen MR) is 124 cm³/mol. The lowest BCUT2D eigenvalue weighted by Crippen LogP contribution is -2.19. The van der Waals surface area contributed by atoms with E-state index in [0.717, 1.165) is 11.4 Å². The highest BCUT2D eigenvalue weighted by Crippen LogP contribution is 2.24. The molecule has 0 fully saturated rings. The summed E-state index contributed by atoms with van der Waals surface area (Å²) in [5, 5.41) is 9.65. The highest BCUT2D eigenvalue weighted by molar-refractivity contribution is 6.31. The van der Waals surface area contributed by atoms with Crippen LogP contribution in [-0.2, 0) is 0 Å². The van der Waals surface area contributed by atoms with Crippen LogP contribution in [0.3, 0.4) is 0 Å². The Balaban J connectivity index is 1.43. The summed E-state index contributed by atoms with van der Waals surface area (Å²) in [4.78, 5) is 20.9. The van der Waals surface area contributed by atoms with Crippen LogP contribution in [0.4, 0.5) is 20.6 Å². The molecule has 2 N–H and O–H groups in total. The van der Waals surface area contributed by atoms with Crippen LogP contribution in [0.15, 0.2) is 54.6 Å². The highest BCUT2D eigenvalue weighted by Gasteiger charge is 2.10. The zero-order valence-corrected chi connectivity index (χ0v) is 18.8. The van der Waals surface area contributed by atoms with Gasteiger partial charge in [-0.15, -0.1) is 0 Å². The zero-order chi connectivity index (χ0) is 23.5. The molecule has 33 heavy (non-hydrogen) atoms. The Kier molecular flexibility index (Phi) is 6.23. The lowest BCUT2D eigenvalue weighted by molar-refractivity contribution is 0.262. The number of anilines is 2. The Hall–Kier alpha value is -3.98. The molecule has 0 aliphatic carbocycles. The van der Waals surface area contributed by atoms with Gasteiger partial charge in [-0.1, -0.05) is 11.6 Å². The number of aryl methyl sites for hydroxylation is 3. The van der Waals surface area contributed by atoms with Gasteiger partial charge in [0.15, 0.2) is 5.82 Å². The van der Waals surface area contributed by atoms with Crippen LogP contribution in [0.25, 0.3) is 5.82 Å². The first kappa shape index (κ1) is 22.2. The summed E-state index contributed by atoms with van der Waals surface area (Å²) in [7, 11) is 0. The van der Waals surface area contributed by atoms with E-state index in [-0.39, 0.29) is 5.02 Å². The molecule has 0 unspecified atom stereocenters. The molecule has 10 heteroatoms. The fourth-order valence-corrected chi connectivity index (χ4v) is 3.32. The fourth-order valence-electron chi connectivity index (χ4n) is 3.14. The minimum Gasteiger partial charge on any atom is -0.439 e. The first-order chi connectivity index (χ1) is 15.8. The van der Waals surface area contributed by atoms with Crippen molar-refractivity contribution in [3.05, 3.63) is 82.6 Å². The Bertz CT molecular complexity index is 1320. The first-order valence-electron chi connectivity index (χ1n) is 9.97. The summed E-state index contributed by atoms with van der Waals surface area (Å²) in [6.07, 6.45) is 0. The third-order valence-electron chi connectivity index (χ3n) is 4.54. The average Bonchev–Trinajstić information content (AvgIpc) is 3.10. The maximum atomic E-state index is 13.2. The number of amides is 2. The second-order valence-corrected chi connectivity index (χ2v) is 7.69. The van der Waals surface area contributed by atoms with Gasteiger partial charge in [0.05, 0.1) is 10.7 Å². The molecule has 0 saturated carbocycles. The molecule has 2 aromatic carbocycles. The minimum absolute atomic E-state index is 0.0738. The van der Waals surface area contributed by atoms with Crippen LogP contribution in [0.1, 0.15) is 17.2 Å². The van der Waals surface area contributed by atoms with Crippen LogP contribution in [-0.4, -0.2) is 25.8 Å². The molecule has 2 aromatic heterocycles. The second-order valence-electron chi connectivity index (χ2n) is 7.28. The Morgan fingerprint density at radius 3 is 2.33 bits per heavy atom. The average molecular weight is 467 g/mol. The molecule has 0 aliphatic rings. The largest absolute Gasteiger partial charge is 0.439 e. The number of carbonyl (C=O) groups is 1. The van der Waals surface area contributed by atoms with Gasteiger partial charge in [-0.05, 0) is 69.3 Å². The Morgan fingerprint density at radius 1 is 0.970 bits per heavy atom. The van der Waals surface area contributed by atoms with Gasteiger partial charge in [0, 0.05) is 23.1 Å². The number of rotatable bonds is 5. The van der Waals surface area contributed by atoms with Crippen molar-refractivity contribution >= 4 is 29.0 Å². The number of aromatic nitrogens is 4. The summed E-state index contributed by atoms with van der Waals surface area (Å²) >= 11 is 5.73. The van der Waals surface area contributed by atoms with Gasteiger partial charge in [0.25, 0.3) is 0 Å². The number of halogens is 2. The molecule has 2 amide bonds. The van der Waals surface area contributed by atoms with Crippen LogP contribution in [0.5, 0.6) is 11.6 Å². The molecule has 4 rings (SSSR count). The predicted octanol–water partition coefficient (Wildman–Crippen LogP) is 5.82. The zero-order valence-electron chi connectivity index (χ0n) is 18.1. The monoisotopic (exact) mass is 466 g/mol. The summed E-state index contributed by atoms with van der Waals surface area (Å²) in [5.41, 5.74) is 2.75. The van der Waals surface area contributed by atoms with E-state index < -0.39 is 11.8 Å². The Labute approximate surface area is 194 Å². The van der Waals surface area contributed by atoms with Crippen molar-refractivity contribution in [3.63, 3.8) is 0 Å². The standard InChI is InChI=1S/C23H20ClFN6O2/c1-13-10-14(2)31(30-13)21-12-22(27-15(3)26-21)33-18-7-4-16(5-8-18)28-23(32)29-17-6-9-20(25)19(24)11-17/h4-12H,1-3H3,(H2,28,29,32). The maximum absolute atomic E-state index is 13.2. The van der Waals surface area contributed by atoms with E-state index in [0.29, 0.717) is 34.6 Å². The van der Waals surface area contributed by atoms with Gasteiger partial charge in [-0.2, -0.15) is 10.1 Å². The number of nitrogens with zero attached hydrogens (tertiary/aromatic N) is 4. The minimum atomic E-state index is -0.556. The van der Waals surface area contributed by atoms with Crippen LogP contribution >= 0.6 is 11.6 Å². The van der Waals surface area contributed by atoms with Gasteiger partial charge in [0.1, 0.15) is 17.4 Å². The Morgan fingerprint density at radius 2 is 1.67 bits per heavy atom. The third-order valence-corrected chi connectivity index (χ3v) is 4.83. The van der Waals surface area contributed by atoms with E-state index in [2.05, 4.69) is 25.7 Å². The van der Waals surface area contributed by atoms with Gasteiger partial charge in [0.2, 0.25) is 5.88 Å². The summed E-state index contributed by atoms with van der Waals surface area (Å²) in [5.74, 6) is 1.50. The number of hydrogen-bond acceptors (Lipinski definition) is 5. The first-order valence-corrected chi connectivity index (χ1v) is 10.3. The summed E-state index contributed by atoms with van der Waals surface area (Å²) < 4.78 is 20.9. The van der Waals surface area contributed by atoms with Gasteiger partial charge in [-0.3, -0.25) is 0 Å². The molecule has 4 aromatic rings. The van der Waals surface area contributed by atoms with Gasteiger partial charge < -0.3 is 15.4 Å². The van der Waals surface area contributed by atoms with Crippen molar-refractivity contribution in [2.45, 2.75) is 20.8 Å². The fraction of sp³-hybridized carbons (Fsp3) is 0.130. The molecule has 0 radical (unpaired) electrons. The van der Waals surface area contributed by atoms with Crippen molar-refractivity contribution in [1.29, 1.82) is 0 Å². The van der Waals surface area contributed by atoms with Crippen LogP contribution in [0, 0.1) is 26.6 Å². The molecule has 0 saturated heterocycles. The second kappa shape index (κ2) is 9.25. The van der Waals surface area contributed by atoms with Gasteiger partial charge in [-0.25, -0.2) is 18.9 Å². The molecule has 2 heterocycles. The van der Waals surface area contributed by atoms with Crippen molar-refractivity contribution < 1.29 is 13.9 Å². The van der Waals surface area contributed by atoms with Crippen LogP contribution in [0.2, 0.25) is 5.02 Å².